The van der Waals surface area contributed by atoms with Crippen LogP contribution in [0.3, 0.4) is 0 Å². The van der Waals surface area contributed by atoms with Gasteiger partial charge in [0.05, 0.1) is 12.2 Å². The summed E-state index contributed by atoms with van der Waals surface area (Å²) in [6, 6.07) is 12.9. The molecule has 0 aliphatic heterocycles. The Kier molecular flexibility index (Phi) is 6.21. The maximum absolute atomic E-state index is 13.4. The second-order valence-corrected chi connectivity index (χ2v) is 6.95. The molecule has 4 nitrogen and oxygen atoms in total. The van der Waals surface area contributed by atoms with E-state index in [0.717, 1.165) is 31.0 Å². The lowest BCUT2D eigenvalue weighted by Crippen LogP contribution is -2.46. The maximum atomic E-state index is 13.4. The predicted octanol–water partition coefficient (Wildman–Crippen LogP) is 3.79. The van der Waals surface area contributed by atoms with E-state index in [2.05, 4.69) is 20.6 Å². The number of nitrogens with zero attached hydrogens (tertiary/aromatic N) is 2. The van der Waals surface area contributed by atoms with Crippen LogP contribution in [-0.4, -0.2) is 24.5 Å². The van der Waals surface area contributed by atoms with Crippen LogP contribution in [0.25, 0.3) is 0 Å². The third-order valence-electron chi connectivity index (χ3n) is 5.25. The van der Waals surface area contributed by atoms with Gasteiger partial charge in [-0.15, -0.1) is 0 Å². The molecule has 1 saturated carbocycles. The summed E-state index contributed by atoms with van der Waals surface area (Å²) in [5, 5.41) is 6.80. The Bertz CT molecular complexity index is 707. The van der Waals surface area contributed by atoms with Crippen molar-refractivity contribution in [2.24, 2.45) is 4.99 Å². The summed E-state index contributed by atoms with van der Waals surface area (Å²) in [5.74, 6) is 0.586. The van der Waals surface area contributed by atoms with Crippen LogP contribution in [0.2, 0.25) is 0 Å². The van der Waals surface area contributed by atoms with E-state index in [9.17, 15) is 4.39 Å². The SMILES string of the molecule is CN=C(NCc1ccccn1)NCC1(c2ccc(F)cc2)CCCCC1. The molecule has 1 aliphatic rings. The van der Waals surface area contributed by atoms with E-state index in [4.69, 9.17) is 0 Å². The van der Waals surface area contributed by atoms with Crippen LogP contribution in [0.15, 0.2) is 53.7 Å². The van der Waals surface area contributed by atoms with E-state index in [-0.39, 0.29) is 11.2 Å². The summed E-state index contributed by atoms with van der Waals surface area (Å²) in [7, 11) is 1.78. The van der Waals surface area contributed by atoms with Crippen molar-refractivity contribution in [1.82, 2.24) is 15.6 Å². The van der Waals surface area contributed by atoms with Crippen molar-refractivity contribution in [2.45, 2.75) is 44.1 Å². The second-order valence-electron chi connectivity index (χ2n) is 6.95. The van der Waals surface area contributed by atoms with E-state index < -0.39 is 0 Å². The molecule has 1 aromatic carbocycles. The van der Waals surface area contributed by atoms with Crippen LogP contribution >= 0.6 is 0 Å². The molecular weight excluding hydrogens is 327 g/mol. The van der Waals surface area contributed by atoms with E-state index in [1.165, 1.54) is 24.8 Å². The zero-order valence-electron chi connectivity index (χ0n) is 15.3. The summed E-state index contributed by atoms with van der Waals surface area (Å²) >= 11 is 0. The zero-order chi connectivity index (χ0) is 18.2. The minimum Gasteiger partial charge on any atom is -0.356 e. The van der Waals surface area contributed by atoms with Gasteiger partial charge in [-0.3, -0.25) is 9.98 Å². The Labute approximate surface area is 155 Å². The van der Waals surface area contributed by atoms with E-state index in [1.807, 2.05) is 30.3 Å². The molecule has 26 heavy (non-hydrogen) atoms. The van der Waals surface area contributed by atoms with Gasteiger partial charge in [-0.05, 0) is 42.7 Å². The minimum absolute atomic E-state index is 0.0363. The van der Waals surface area contributed by atoms with Gasteiger partial charge in [0.1, 0.15) is 5.82 Å². The fourth-order valence-corrected chi connectivity index (χ4v) is 3.75. The average Bonchev–Trinajstić information content (AvgIpc) is 2.70. The van der Waals surface area contributed by atoms with Crippen molar-refractivity contribution < 1.29 is 4.39 Å². The quantitative estimate of drug-likeness (QED) is 0.634. The molecule has 0 amide bonds. The molecule has 0 saturated heterocycles. The molecule has 1 aromatic heterocycles. The zero-order valence-corrected chi connectivity index (χ0v) is 15.3. The number of guanidine groups is 1. The Morgan fingerprint density at radius 1 is 1.08 bits per heavy atom. The van der Waals surface area contributed by atoms with Crippen LogP contribution < -0.4 is 10.6 Å². The first-order valence-electron chi connectivity index (χ1n) is 9.32. The molecule has 0 atom stereocenters. The summed E-state index contributed by atoms with van der Waals surface area (Å²) in [5.41, 5.74) is 2.22. The number of aromatic nitrogens is 1. The van der Waals surface area contributed by atoms with Crippen molar-refractivity contribution in [3.05, 3.63) is 65.7 Å². The smallest absolute Gasteiger partial charge is 0.191 e. The molecule has 2 N–H and O–H groups in total. The number of hydrogen-bond donors (Lipinski definition) is 2. The number of nitrogens with one attached hydrogen (secondary N) is 2. The lowest BCUT2D eigenvalue weighted by atomic mass is 9.69. The number of halogens is 1. The summed E-state index contributed by atoms with van der Waals surface area (Å²) in [6.45, 7) is 1.42. The summed E-state index contributed by atoms with van der Waals surface area (Å²) in [4.78, 5) is 8.66. The first kappa shape index (κ1) is 18.4. The number of pyridine rings is 1. The Hall–Kier alpha value is -2.43. The molecule has 0 bridgehead atoms. The van der Waals surface area contributed by atoms with Crippen LogP contribution in [0, 0.1) is 5.82 Å². The Balaban J connectivity index is 1.65. The number of rotatable bonds is 5. The van der Waals surface area contributed by atoms with Gasteiger partial charge in [0, 0.05) is 25.2 Å². The fraction of sp³-hybridized carbons (Fsp3) is 0.429. The minimum atomic E-state index is -0.180. The van der Waals surface area contributed by atoms with Crippen LogP contribution in [0.5, 0.6) is 0 Å². The lowest BCUT2D eigenvalue weighted by Gasteiger charge is -2.38. The maximum Gasteiger partial charge on any atom is 0.191 e. The third kappa shape index (κ3) is 4.59. The number of hydrogen-bond acceptors (Lipinski definition) is 2. The van der Waals surface area contributed by atoms with Crippen LogP contribution in [0.4, 0.5) is 4.39 Å². The largest absolute Gasteiger partial charge is 0.356 e. The lowest BCUT2D eigenvalue weighted by molar-refractivity contribution is 0.291. The number of benzene rings is 1. The second kappa shape index (κ2) is 8.79. The Morgan fingerprint density at radius 2 is 1.85 bits per heavy atom. The van der Waals surface area contributed by atoms with Gasteiger partial charge < -0.3 is 10.6 Å². The van der Waals surface area contributed by atoms with E-state index >= 15 is 0 Å². The molecular formula is C21H27FN4. The average molecular weight is 354 g/mol. The fourth-order valence-electron chi connectivity index (χ4n) is 3.75. The Morgan fingerprint density at radius 3 is 2.50 bits per heavy atom. The molecule has 138 valence electrons. The summed E-state index contributed by atoms with van der Waals surface area (Å²) in [6.07, 6.45) is 7.71. The molecule has 5 heteroatoms. The highest BCUT2D eigenvalue weighted by molar-refractivity contribution is 5.79. The topological polar surface area (TPSA) is 49.3 Å². The molecule has 1 aliphatic carbocycles. The van der Waals surface area contributed by atoms with E-state index in [1.54, 1.807) is 25.4 Å². The highest BCUT2D eigenvalue weighted by Crippen LogP contribution is 2.39. The van der Waals surface area contributed by atoms with Gasteiger partial charge in [0.15, 0.2) is 5.96 Å². The number of aliphatic imine (C=N–C) groups is 1. The molecule has 3 rings (SSSR count). The van der Waals surface area contributed by atoms with Crippen molar-refractivity contribution in [1.29, 1.82) is 0 Å². The highest BCUT2D eigenvalue weighted by Gasteiger charge is 2.34. The normalized spacial score (nSPS) is 16.9. The molecule has 0 spiro atoms. The third-order valence-corrected chi connectivity index (χ3v) is 5.25. The van der Waals surface area contributed by atoms with Crippen molar-refractivity contribution in [3.63, 3.8) is 0 Å². The molecule has 1 fully saturated rings. The van der Waals surface area contributed by atoms with Gasteiger partial charge in [0.2, 0.25) is 0 Å². The first-order chi connectivity index (χ1) is 12.7. The van der Waals surface area contributed by atoms with Crippen LogP contribution in [-0.2, 0) is 12.0 Å². The first-order valence-corrected chi connectivity index (χ1v) is 9.32. The standard InChI is InChI=1S/C21H27FN4/c1-23-20(25-15-19-7-3-6-14-24-19)26-16-21(12-4-2-5-13-21)17-8-10-18(22)11-9-17/h3,6-11,14H,2,4-5,12-13,15-16H2,1H3,(H2,23,25,26). The van der Waals surface area contributed by atoms with Crippen molar-refractivity contribution in [3.8, 4) is 0 Å². The van der Waals surface area contributed by atoms with Gasteiger partial charge >= 0.3 is 0 Å². The van der Waals surface area contributed by atoms with Crippen LogP contribution in [0.1, 0.15) is 43.4 Å². The molecule has 2 aromatic rings. The summed E-state index contributed by atoms with van der Waals surface area (Å²) < 4.78 is 13.4. The van der Waals surface area contributed by atoms with Gasteiger partial charge in [-0.25, -0.2) is 4.39 Å². The predicted molar refractivity (Wildman–Crippen MR) is 104 cm³/mol. The molecule has 0 unspecified atom stereocenters. The van der Waals surface area contributed by atoms with Crippen molar-refractivity contribution >= 4 is 5.96 Å². The van der Waals surface area contributed by atoms with Gasteiger partial charge in [-0.1, -0.05) is 37.5 Å². The van der Waals surface area contributed by atoms with Crippen molar-refractivity contribution in [2.75, 3.05) is 13.6 Å². The monoisotopic (exact) mass is 354 g/mol. The highest BCUT2D eigenvalue weighted by atomic mass is 19.1. The van der Waals surface area contributed by atoms with E-state index in [0.29, 0.717) is 6.54 Å². The molecule has 0 radical (unpaired) electrons. The van der Waals surface area contributed by atoms with Gasteiger partial charge in [0.25, 0.3) is 0 Å². The molecule has 1 heterocycles. The van der Waals surface area contributed by atoms with Gasteiger partial charge in [-0.2, -0.15) is 0 Å².